The van der Waals surface area contributed by atoms with Crippen molar-refractivity contribution >= 4 is 22.1 Å². The highest BCUT2D eigenvalue weighted by Gasteiger charge is 2.16. The molecule has 0 saturated carbocycles. The predicted octanol–water partition coefficient (Wildman–Crippen LogP) is 3.12. The van der Waals surface area contributed by atoms with E-state index >= 15 is 0 Å². The number of benzene rings is 1. The van der Waals surface area contributed by atoms with Crippen LogP contribution in [-0.4, -0.2) is 36.6 Å². The van der Waals surface area contributed by atoms with Gasteiger partial charge < -0.3 is 16.0 Å². The molecule has 1 unspecified atom stereocenters. The zero-order valence-corrected chi connectivity index (χ0v) is 13.6. The van der Waals surface area contributed by atoms with Crippen LogP contribution < -0.4 is 11.1 Å². The van der Waals surface area contributed by atoms with Crippen LogP contribution in [0, 0.1) is 12.8 Å². The fraction of sp³-hybridized carbons (Fsp3) is 0.471. The van der Waals surface area contributed by atoms with Gasteiger partial charge in [0.2, 0.25) is 0 Å². The van der Waals surface area contributed by atoms with Crippen molar-refractivity contribution in [2.45, 2.75) is 26.8 Å². The normalized spacial score (nSPS) is 13.1. The third-order valence-corrected chi connectivity index (χ3v) is 3.78. The number of hydrogen-bond donors (Lipinski definition) is 2. The van der Waals surface area contributed by atoms with E-state index in [1.54, 1.807) is 0 Å². The number of pyridine rings is 1. The van der Waals surface area contributed by atoms with Crippen LogP contribution in [0.1, 0.15) is 19.5 Å². The van der Waals surface area contributed by atoms with E-state index in [1.807, 2.05) is 19.2 Å². The predicted molar refractivity (Wildman–Crippen MR) is 91.7 cm³/mol. The molecule has 114 valence electrons. The Balaban J connectivity index is 2.41. The molecule has 0 aliphatic carbocycles. The number of aromatic nitrogens is 1. The molecule has 0 saturated heterocycles. The summed E-state index contributed by atoms with van der Waals surface area (Å²) >= 11 is 0. The quantitative estimate of drug-likeness (QED) is 0.829. The first-order valence-corrected chi connectivity index (χ1v) is 7.44. The molecule has 2 rings (SSSR count). The van der Waals surface area contributed by atoms with Crippen molar-refractivity contribution in [3.63, 3.8) is 0 Å². The van der Waals surface area contributed by atoms with Gasteiger partial charge in [0.1, 0.15) is 0 Å². The summed E-state index contributed by atoms with van der Waals surface area (Å²) in [6.45, 7) is 7.49. The number of nitrogen functional groups attached to an aromatic ring is 1. The standard InChI is InChI=1S/C17H26N4/c1-11(2)17(10-21(4)5)20-16-7-6-15(18)14-9-19-12(3)8-13(14)16/h6-9,11,17,20H,10,18H2,1-5H3. The van der Waals surface area contributed by atoms with E-state index in [9.17, 15) is 0 Å². The van der Waals surface area contributed by atoms with Crippen molar-refractivity contribution in [1.29, 1.82) is 0 Å². The molecule has 1 atom stereocenters. The van der Waals surface area contributed by atoms with Crippen LogP contribution in [0.3, 0.4) is 0 Å². The van der Waals surface area contributed by atoms with Crippen LogP contribution in [0.2, 0.25) is 0 Å². The third kappa shape index (κ3) is 3.64. The molecule has 3 N–H and O–H groups in total. The number of hydrogen-bond acceptors (Lipinski definition) is 4. The van der Waals surface area contributed by atoms with E-state index < -0.39 is 0 Å². The number of anilines is 2. The van der Waals surface area contributed by atoms with Crippen LogP contribution in [0.25, 0.3) is 10.8 Å². The molecule has 0 bridgehead atoms. The van der Waals surface area contributed by atoms with Crippen LogP contribution in [0.15, 0.2) is 24.4 Å². The highest BCUT2D eigenvalue weighted by atomic mass is 15.1. The molecule has 1 aromatic heterocycles. The Labute approximate surface area is 127 Å². The van der Waals surface area contributed by atoms with Gasteiger partial charge in [-0.15, -0.1) is 0 Å². The molecular formula is C17H26N4. The third-order valence-electron chi connectivity index (χ3n) is 3.78. The number of nitrogens with one attached hydrogen (secondary N) is 1. The number of fused-ring (bicyclic) bond motifs is 1. The second-order valence-corrected chi connectivity index (χ2v) is 6.33. The lowest BCUT2D eigenvalue weighted by Crippen LogP contribution is -2.36. The van der Waals surface area contributed by atoms with Gasteiger partial charge in [-0.3, -0.25) is 4.98 Å². The summed E-state index contributed by atoms with van der Waals surface area (Å²) in [5.74, 6) is 0.544. The van der Waals surface area contributed by atoms with Gasteiger partial charge in [0.25, 0.3) is 0 Å². The van der Waals surface area contributed by atoms with Gasteiger partial charge in [0.05, 0.1) is 0 Å². The first-order chi connectivity index (χ1) is 9.88. The van der Waals surface area contributed by atoms with Crippen molar-refractivity contribution in [2.75, 3.05) is 31.7 Å². The Morgan fingerprint density at radius 3 is 2.57 bits per heavy atom. The minimum atomic E-state index is 0.389. The average Bonchev–Trinajstić information content (AvgIpc) is 2.40. The monoisotopic (exact) mass is 286 g/mol. The fourth-order valence-electron chi connectivity index (χ4n) is 2.51. The molecule has 0 fully saturated rings. The lowest BCUT2D eigenvalue weighted by molar-refractivity contribution is 0.345. The summed E-state index contributed by atoms with van der Waals surface area (Å²) in [5, 5.41) is 5.84. The van der Waals surface area contributed by atoms with Crippen LogP contribution in [0.5, 0.6) is 0 Å². The molecule has 4 heteroatoms. The number of nitrogens with zero attached hydrogens (tertiary/aromatic N) is 2. The van der Waals surface area contributed by atoms with E-state index in [2.05, 4.69) is 55.3 Å². The smallest absolute Gasteiger partial charge is 0.0425 e. The molecule has 4 nitrogen and oxygen atoms in total. The SMILES string of the molecule is Cc1cc2c(NC(CN(C)C)C(C)C)ccc(N)c2cn1. The second kappa shape index (κ2) is 6.31. The van der Waals surface area contributed by atoms with E-state index in [0.717, 1.165) is 34.4 Å². The zero-order valence-electron chi connectivity index (χ0n) is 13.6. The van der Waals surface area contributed by atoms with Gasteiger partial charge in [-0.1, -0.05) is 13.8 Å². The van der Waals surface area contributed by atoms with Crippen molar-refractivity contribution < 1.29 is 0 Å². The van der Waals surface area contributed by atoms with E-state index in [-0.39, 0.29) is 0 Å². The molecule has 0 spiro atoms. The van der Waals surface area contributed by atoms with Gasteiger partial charge in [-0.25, -0.2) is 0 Å². The molecule has 1 heterocycles. The Kier molecular flexibility index (Phi) is 4.68. The van der Waals surface area contributed by atoms with Crippen molar-refractivity contribution in [2.24, 2.45) is 5.92 Å². The van der Waals surface area contributed by atoms with E-state index in [1.165, 1.54) is 0 Å². The topological polar surface area (TPSA) is 54.2 Å². The van der Waals surface area contributed by atoms with Crippen LogP contribution in [0.4, 0.5) is 11.4 Å². The van der Waals surface area contributed by atoms with E-state index in [0.29, 0.717) is 12.0 Å². The molecule has 0 aliphatic heterocycles. The fourth-order valence-corrected chi connectivity index (χ4v) is 2.51. The maximum Gasteiger partial charge on any atom is 0.0425 e. The Hall–Kier alpha value is -1.81. The van der Waals surface area contributed by atoms with Crippen LogP contribution in [-0.2, 0) is 0 Å². The van der Waals surface area contributed by atoms with Crippen LogP contribution >= 0.6 is 0 Å². The molecule has 0 amide bonds. The molecular weight excluding hydrogens is 260 g/mol. The minimum Gasteiger partial charge on any atom is -0.398 e. The van der Waals surface area contributed by atoms with Gasteiger partial charge in [0.15, 0.2) is 0 Å². The molecule has 21 heavy (non-hydrogen) atoms. The summed E-state index contributed by atoms with van der Waals surface area (Å²) in [7, 11) is 4.21. The van der Waals surface area contributed by atoms with Gasteiger partial charge >= 0.3 is 0 Å². The highest BCUT2D eigenvalue weighted by molar-refractivity contribution is 6.00. The molecule has 0 aliphatic rings. The Morgan fingerprint density at radius 1 is 1.24 bits per heavy atom. The summed E-state index contributed by atoms with van der Waals surface area (Å²) < 4.78 is 0. The summed E-state index contributed by atoms with van der Waals surface area (Å²) in [5.41, 5.74) is 8.98. The van der Waals surface area contributed by atoms with Crippen molar-refractivity contribution in [3.05, 3.63) is 30.1 Å². The zero-order chi connectivity index (χ0) is 15.6. The summed E-state index contributed by atoms with van der Waals surface area (Å²) in [6, 6.07) is 6.51. The number of nitrogens with two attached hydrogens (primary N) is 1. The summed E-state index contributed by atoms with van der Waals surface area (Å²) in [4.78, 5) is 6.57. The second-order valence-electron chi connectivity index (χ2n) is 6.33. The highest BCUT2D eigenvalue weighted by Crippen LogP contribution is 2.29. The Morgan fingerprint density at radius 2 is 1.95 bits per heavy atom. The van der Waals surface area contributed by atoms with Gasteiger partial charge in [-0.05, 0) is 45.1 Å². The molecule has 2 aromatic rings. The first kappa shape index (κ1) is 15.6. The lowest BCUT2D eigenvalue weighted by Gasteiger charge is -2.27. The van der Waals surface area contributed by atoms with Crippen molar-refractivity contribution in [3.8, 4) is 0 Å². The summed E-state index contributed by atoms with van der Waals surface area (Å²) in [6.07, 6.45) is 1.86. The molecule has 1 aromatic carbocycles. The first-order valence-electron chi connectivity index (χ1n) is 7.44. The largest absolute Gasteiger partial charge is 0.398 e. The number of rotatable bonds is 5. The number of aryl methyl sites for hydroxylation is 1. The Bertz CT molecular complexity index is 619. The maximum absolute atomic E-state index is 6.07. The number of likely N-dealkylation sites (N-methyl/N-ethyl adjacent to an activating group) is 1. The van der Waals surface area contributed by atoms with Crippen molar-refractivity contribution in [1.82, 2.24) is 9.88 Å². The molecule has 0 radical (unpaired) electrons. The average molecular weight is 286 g/mol. The lowest BCUT2D eigenvalue weighted by atomic mass is 10.0. The van der Waals surface area contributed by atoms with E-state index in [4.69, 9.17) is 5.73 Å². The minimum absolute atomic E-state index is 0.389. The maximum atomic E-state index is 6.07. The van der Waals surface area contributed by atoms with Gasteiger partial charge in [-0.2, -0.15) is 0 Å². The van der Waals surface area contributed by atoms with Gasteiger partial charge in [0, 0.05) is 46.6 Å².